The highest BCUT2D eigenvalue weighted by Crippen LogP contribution is 2.32. The number of halogens is 2. The largest absolute Gasteiger partial charge is 0.426 e. The molecule has 3 heterocycles. The summed E-state index contributed by atoms with van der Waals surface area (Å²) in [4.78, 5) is 4.58. The van der Waals surface area contributed by atoms with Gasteiger partial charge in [0, 0.05) is 12.1 Å². The van der Waals surface area contributed by atoms with Gasteiger partial charge in [-0.2, -0.15) is 0 Å². The molecule has 0 aliphatic carbocycles. The number of nitrogens with zero attached hydrogens (tertiary/aromatic N) is 1. The molecule has 0 atom stereocenters. The summed E-state index contributed by atoms with van der Waals surface area (Å²) in [7, 11) is 0. The van der Waals surface area contributed by atoms with E-state index in [0.717, 1.165) is 0 Å². The average molecular weight is 431 g/mol. The van der Waals surface area contributed by atoms with Gasteiger partial charge in [-0.3, -0.25) is 0 Å². The third-order valence-electron chi connectivity index (χ3n) is 4.48. The Bertz CT molecular complexity index is 1240. The number of hydrogen-bond donors (Lipinski definition) is 0. The van der Waals surface area contributed by atoms with Crippen molar-refractivity contribution in [2.45, 2.75) is 0 Å². The van der Waals surface area contributed by atoms with Crippen molar-refractivity contribution >= 4 is 0 Å². The van der Waals surface area contributed by atoms with Gasteiger partial charge in [-0.1, -0.05) is 6.07 Å². The van der Waals surface area contributed by atoms with E-state index < -0.39 is 0 Å². The van der Waals surface area contributed by atoms with Gasteiger partial charge in [0.15, 0.2) is 11.5 Å². The smallest absolute Gasteiger partial charge is 0.290 e. The van der Waals surface area contributed by atoms with E-state index >= 15 is 0 Å². The number of aromatic nitrogens is 1. The third-order valence-corrected chi connectivity index (χ3v) is 4.48. The number of hydrogen-bond acceptors (Lipinski definition) is 5. The summed E-state index contributed by atoms with van der Waals surface area (Å²) in [5.41, 5.74) is 1.16. The Kier molecular flexibility index (Phi) is 5.13. The zero-order chi connectivity index (χ0) is 21.9. The molecule has 0 aliphatic rings. The normalized spacial score (nSPS) is 10.8. The van der Waals surface area contributed by atoms with Gasteiger partial charge >= 0.3 is 0 Å². The molecule has 7 heteroatoms. The summed E-state index contributed by atoms with van der Waals surface area (Å²) in [6, 6.07) is 23.5. The summed E-state index contributed by atoms with van der Waals surface area (Å²) in [6.07, 6.45) is 0. The minimum atomic E-state index is -0.345. The molecule has 0 spiro atoms. The predicted octanol–water partition coefficient (Wildman–Crippen LogP) is 7.46. The molecule has 0 saturated heterocycles. The first-order valence-electron chi connectivity index (χ1n) is 9.67. The van der Waals surface area contributed by atoms with Crippen LogP contribution in [0.5, 0.6) is 23.4 Å². The fourth-order valence-electron chi connectivity index (χ4n) is 2.97. The van der Waals surface area contributed by atoms with E-state index in [-0.39, 0.29) is 23.5 Å². The number of rotatable bonds is 6. The Morgan fingerprint density at radius 3 is 1.41 bits per heavy atom. The standard InChI is InChI=1S/C25H15F2NO4/c26-16-4-8-18(9-5-16)29-24-14-12-22(31-24)20-2-1-3-21(28-20)23-13-15-25(32-23)30-19-10-6-17(27)7-11-19/h1-15H. The summed E-state index contributed by atoms with van der Waals surface area (Å²) in [5.74, 6) is 1.73. The molecule has 3 aromatic heterocycles. The van der Waals surface area contributed by atoms with Gasteiger partial charge in [-0.25, -0.2) is 13.8 Å². The van der Waals surface area contributed by atoms with Crippen LogP contribution in [0.2, 0.25) is 0 Å². The second-order valence-electron chi connectivity index (χ2n) is 6.76. The highest BCUT2D eigenvalue weighted by molar-refractivity contribution is 5.60. The van der Waals surface area contributed by atoms with Gasteiger partial charge in [0.2, 0.25) is 0 Å². The molecule has 0 radical (unpaired) electrons. The fourth-order valence-corrected chi connectivity index (χ4v) is 2.97. The predicted molar refractivity (Wildman–Crippen MR) is 113 cm³/mol. The summed E-state index contributed by atoms with van der Waals surface area (Å²) in [5, 5.41) is 0. The lowest BCUT2D eigenvalue weighted by Crippen LogP contribution is -1.85. The van der Waals surface area contributed by atoms with Crippen molar-refractivity contribution < 1.29 is 27.1 Å². The molecule has 2 aromatic carbocycles. The van der Waals surface area contributed by atoms with E-state index in [9.17, 15) is 8.78 Å². The van der Waals surface area contributed by atoms with E-state index in [4.69, 9.17) is 18.3 Å². The Balaban J connectivity index is 1.33. The number of benzene rings is 2. The maximum Gasteiger partial charge on any atom is 0.290 e. The molecule has 0 bridgehead atoms. The molecule has 5 nitrogen and oxygen atoms in total. The molecule has 0 unspecified atom stereocenters. The van der Waals surface area contributed by atoms with Crippen LogP contribution in [0, 0.1) is 11.6 Å². The highest BCUT2D eigenvalue weighted by Gasteiger charge is 2.12. The fraction of sp³-hybridized carbons (Fsp3) is 0. The first-order valence-corrected chi connectivity index (χ1v) is 9.67. The van der Waals surface area contributed by atoms with Crippen LogP contribution in [-0.4, -0.2) is 4.98 Å². The molecular formula is C25H15F2NO4. The molecule has 0 saturated carbocycles. The van der Waals surface area contributed by atoms with Crippen molar-refractivity contribution in [1.29, 1.82) is 0 Å². The van der Waals surface area contributed by atoms with Crippen LogP contribution in [0.25, 0.3) is 22.9 Å². The van der Waals surface area contributed by atoms with Crippen LogP contribution in [0.1, 0.15) is 0 Å². The van der Waals surface area contributed by atoms with Crippen molar-refractivity contribution in [2.24, 2.45) is 0 Å². The lowest BCUT2D eigenvalue weighted by atomic mass is 10.2. The quantitative estimate of drug-likeness (QED) is 0.279. The van der Waals surface area contributed by atoms with Crippen molar-refractivity contribution in [3.05, 3.63) is 103 Å². The number of pyridine rings is 1. The molecule has 5 rings (SSSR count). The Labute approximate surface area is 181 Å². The maximum atomic E-state index is 13.0. The van der Waals surface area contributed by atoms with Crippen LogP contribution < -0.4 is 9.47 Å². The van der Waals surface area contributed by atoms with Gasteiger partial charge in [-0.15, -0.1) is 0 Å². The van der Waals surface area contributed by atoms with Gasteiger partial charge in [0.05, 0.1) is 0 Å². The monoisotopic (exact) mass is 431 g/mol. The maximum absolute atomic E-state index is 13.0. The topological polar surface area (TPSA) is 57.6 Å². The van der Waals surface area contributed by atoms with E-state index in [1.165, 1.54) is 48.5 Å². The second kappa shape index (κ2) is 8.39. The second-order valence-corrected chi connectivity index (χ2v) is 6.76. The SMILES string of the molecule is Fc1ccc(Oc2ccc(-c3cccc(-c4ccc(Oc5ccc(F)cc5)o4)n3)o2)cc1. The van der Waals surface area contributed by atoms with Gasteiger partial charge in [0.25, 0.3) is 11.9 Å². The average Bonchev–Trinajstić information content (AvgIpc) is 3.47. The highest BCUT2D eigenvalue weighted by atomic mass is 19.1. The Morgan fingerprint density at radius 2 is 0.969 bits per heavy atom. The lowest BCUT2D eigenvalue weighted by molar-refractivity contribution is 0.350. The first-order chi connectivity index (χ1) is 15.6. The number of ether oxygens (including phenoxy) is 2. The third kappa shape index (κ3) is 4.37. The molecule has 32 heavy (non-hydrogen) atoms. The zero-order valence-corrected chi connectivity index (χ0v) is 16.5. The molecule has 0 N–H and O–H groups in total. The minimum absolute atomic E-state index is 0.256. The van der Waals surface area contributed by atoms with Crippen molar-refractivity contribution in [2.75, 3.05) is 0 Å². The van der Waals surface area contributed by atoms with E-state index in [1.54, 1.807) is 36.4 Å². The molecular weight excluding hydrogens is 416 g/mol. The van der Waals surface area contributed by atoms with Crippen LogP contribution in [0.15, 0.2) is 99.8 Å². The van der Waals surface area contributed by atoms with Gasteiger partial charge in [0.1, 0.15) is 34.5 Å². The Morgan fingerprint density at radius 1 is 0.531 bits per heavy atom. The van der Waals surface area contributed by atoms with E-state index in [1.807, 2.05) is 6.07 Å². The van der Waals surface area contributed by atoms with Crippen molar-refractivity contribution in [1.82, 2.24) is 4.98 Å². The van der Waals surface area contributed by atoms with Gasteiger partial charge in [-0.05, 0) is 72.8 Å². The van der Waals surface area contributed by atoms with Crippen LogP contribution >= 0.6 is 0 Å². The number of furan rings is 2. The summed E-state index contributed by atoms with van der Waals surface area (Å²) >= 11 is 0. The molecule has 0 aliphatic heterocycles. The van der Waals surface area contributed by atoms with Crippen LogP contribution in [-0.2, 0) is 0 Å². The van der Waals surface area contributed by atoms with E-state index in [2.05, 4.69) is 4.98 Å². The van der Waals surface area contributed by atoms with Crippen LogP contribution in [0.3, 0.4) is 0 Å². The molecule has 5 aromatic rings. The molecule has 0 fully saturated rings. The molecule has 158 valence electrons. The van der Waals surface area contributed by atoms with Crippen molar-refractivity contribution in [3.63, 3.8) is 0 Å². The lowest BCUT2D eigenvalue weighted by Gasteiger charge is -2.03. The Hall–Kier alpha value is -4.39. The zero-order valence-electron chi connectivity index (χ0n) is 16.5. The minimum Gasteiger partial charge on any atom is -0.426 e. The first kappa shape index (κ1) is 19.6. The summed E-state index contributed by atoms with van der Waals surface area (Å²) < 4.78 is 48.7. The van der Waals surface area contributed by atoms with Crippen LogP contribution in [0.4, 0.5) is 8.78 Å². The van der Waals surface area contributed by atoms with E-state index in [0.29, 0.717) is 34.4 Å². The van der Waals surface area contributed by atoms with Crippen molar-refractivity contribution in [3.8, 4) is 46.3 Å². The summed E-state index contributed by atoms with van der Waals surface area (Å²) in [6.45, 7) is 0. The molecule has 0 amide bonds. The van der Waals surface area contributed by atoms with Gasteiger partial charge < -0.3 is 18.3 Å².